The average Bonchev–Trinajstić information content (AvgIpc) is 3.20. The van der Waals surface area contributed by atoms with Crippen LogP contribution < -0.4 is 16.1 Å². The Labute approximate surface area is 144 Å². The second-order valence-corrected chi connectivity index (χ2v) is 6.36. The van der Waals surface area contributed by atoms with Crippen molar-refractivity contribution in [1.82, 2.24) is 21.1 Å². The van der Waals surface area contributed by atoms with Gasteiger partial charge in [-0.1, -0.05) is 19.3 Å². The first-order valence-electron chi connectivity index (χ1n) is 8.24. The molecule has 9 heteroatoms. The van der Waals surface area contributed by atoms with E-state index in [0.29, 0.717) is 17.9 Å². The van der Waals surface area contributed by atoms with E-state index in [1.165, 1.54) is 19.3 Å². The zero-order chi connectivity index (χ0) is 18.0. The van der Waals surface area contributed by atoms with E-state index in [2.05, 4.69) is 16.1 Å². The van der Waals surface area contributed by atoms with E-state index in [4.69, 9.17) is 4.42 Å². The van der Waals surface area contributed by atoms with Gasteiger partial charge in [-0.25, -0.2) is 4.79 Å². The van der Waals surface area contributed by atoms with Crippen LogP contribution in [0.5, 0.6) is 0 Å². The molecule has 0 aromatic carbocycles. The molecule has 1 aliphatic carbocycles. The zero-order valence-corrected chi connectivity index (χ0v) is 13.8. The minimum atomic E-state index is -0.957. The molecule has 1 atom stereocenters. The summed E-state index contributed by atoms with van der Waals surface area (Å²) in [7, 11) is 0. The molecule has 1 aromatic rings. The predicted molar refractivity (Wildman–Crippen MR) is 85.0 cm³/mol. The highest BCUT2D eigenvalue weighted by Gasteiger charge is 2.52. The maximum atomic E-state index is 12.6. The first kappa shape index (κ1) is 17.0. The molecule has 1 saturated carbocycles. The molecule has 0 radical (unpaired) electrons. The second kappa shape index (κ2) is 6.58. The maximum absolute atomic E-state index is 12.6. The monoisotopic (exact) mass is 348 g/mol. The van der Waals surface area contributed by atoms with E-state index in [9.17, 15) is 19.2 Å². The van der Waals surface area contributed by atoms with E-state index in [1.807, 2.05) is 0 Å². The molecular formula is C16H20N4O5. The number of hydrogen-bond acceptors (Lipinski definition) is 5. The third kappa shape index (κ3) is 3.21. The molecule has 3 N–H and O–H groups in total. The summed E-state index contributed by atoms with van der Waals surface area (Å²) in [5.41, 5.74) is 1.37. The minimum absolute atomic E-state index is 0.0656. The standard InChI is InChI=1S/C16H20N4O5/c1-10(17-13(22)11-6-5-9-25-11)12(21)19-20-14(23)16(18-15(20)24)7-3-2-4-8-16/h5-6,9-10H,2-4,7-8H2,1H3,(H,17,22)(H,18,24)(H,19,21)/t10-/m0/s1. The highest BCUT2D eigenvalue weighted by Crippen LogP contribution is 2.32. The molecule has 1 aromatic heterocycles. The number of nitrogens with one attached hydrogen (secondary N) is 3. The van der Waals surface area contributed by atoms with Gasteiger partial charge in [0, 0.05) is 0 Å². The van der Waals surface area contributed by atoms with Crippen LogP contribution in [0.1, 0.15) is 49.6 Å². The summed E-state index contributed by atoms with van der Waals surface area (Å²) < 4.78 is 4.95. The van der Waals surface area contributed by atoms with Gasteiger partial charge < -0.3 is 15.1 Å². The fourth-order valence-electron chi connectivity index (χ4n) is 3.16. The Balaban J connectivity index is 1.61. The van der Waals surface area contributed by atoms with Gasteiger partial charge in [0.2, 0.25) is 0 Å². The van der Waals surface area contributed by atoms with Crippen LogP contribution in [-0.4, -0.2) is 40.3 Å². The van der Waals surface area contributed by atoms with E-state index >= 15 is 0 Å². The average molecular weight is 348 g/mol. The minimum Gasteiger partial charge on any atom is -0.459 e. The van der Waals surface area contributed by atoms with Gasteiger partial charge in [-0.2, -0.15) is 5.01 Å². The molecule has 3 rings (SSSR count). The number of amides is 5. The van der Waals surface area contributed by atoms with Crippen LogP contribution in [0.3, 0.4) is 0 Å². The summed E-state index contributed by atoms with van der Waals surface area (Å²) in [5, 5.41) is 5.85. The lowest BCUT2D eigenvalue weighted by atomic mass is 9.82. The molecule has 1 saturated heterocycles. The lowest BCUT2D eigenvalue weighted by Crippen LogP contribution is -2.54. The Morgan fingerprint density at radius 3 is 2.64 bits per heavy atom. The smallest absolute Gasteiger partial charge is 0.344 e. The van der Waals surface area contributed by atoms with Crippen LogP contribution >= 0.6 is 0 Å². The molecular weight excluding hydrogens is 328 g/mol. The number of imide groups is 1. The molecule has 25 heavy (non-hydrogen) atoms. The van der Waals surface area contributed by atoms with Crippen molar-refractivity contribution in [1.29, 1.82) is 0 Å². The number of nitrogens with zero attached hydrogens (tertiary/aromatic N) is 1. The molecule has 2 heterocycles. The van der Waals surface area contributed by atoms with Gasteiger partial charge in [-0.3, -0.25) is 19.8 Å². The zero-order valence-electron chi connectivity index (χ0n) is 13.8. The van der Waals surface area contributed by atoms with Gasteiger partial charge in [-0.05, 0) is 31.9 Å². The molecule has 1 aliphatic heterocycles. The van der Waals surface area contributed by atoms with Crippen LogP contribution in [-0.2, 0) is 9.59 Å². The van der Waals surface area contributed by atoms with Gasteiger partial charge >= 0.3 is 6.03 Å². The van der Waals surface area contributed by atoms with Crippen molar-refractivity contribution >= 4 is 23.8 Å². The lowest BCUT2D eigenvalue weighted by Gasteiger charge is -2.30. The highest BCUT2D eigenvalue weighted by molar-refractivity contribution is 6.08. The molecule has 2 fully saturated rings. The van der Waals surface area contributed by atoms with Gasteiger partial charge in [0.25, 0.3) is 17.7 Å². The first-order chi connectivity index (χ1) is 11.9. The second-order valence-electron chi connectivity index (χ2n) is 6.36. The third-order valence-corrected chi connectivity index (χ3v) is 4.58. The molecule has 9 nitrogen and oxygen atoms in total. The fraction of sp³-hybridized carbons (Fsp3) is 0.500. The number of carbonyl (C=O) groups is 4. The van der Waals surface area contributed by atoms with Gasteiger partial charge in [0.1, 0.15) is 11.6 Å². The lowest BCUT2D eigenvalue weighted by molar-refractivity contribution is -0.140. The summed E-state index contributed by atoms with van der Waals surface area (Å²) in [5.74, 6) is -1.62. The summed E-state index contributed by atoms with van der Waals surface area (Å²) >= 11 is 0. The van der Waals surface area contributed by atoms with Crippen LogP contribution in [0.2, 0.25) is 0 Å². The Morgan fingerprint density at radius 1 is 1.28 bits per heavy atom. The van der Waals surface area contributed by atoms with Crippen molar-refractivity contribution in [3.63, 3.8) is 0 Å². The normalized spacial score (nSPS) is 20.3. The maximum Gasteiger partial charge on any atom is 0.344 e. The van der Waals surface area contributed by atoms with Crippen molar-refractivity contribution in [3.05, 3.63) is 24.2 Å². The van der Waals surface area contributed by atoms with Crippen molar-refractivity contribution in [2.24, 2.45) is 0 Å². The number of furan rings is 1. The predicted octanol–water partition coefficient (Wildman–Crippen LogP) is 0.684. The summed E-state index contributed by atoms with van der Waals surface area (Å²) in [6.07, 6.45) is 5.19. The van der Waals surface area contributed by atoms with Gasteiger partial charge in [0.05, 0.1) is 6.26 Å². The number of carbonyl (C=O) groups excluding carboxylic acids is 4. The fourth-order valence-corrected chi connectivity index (χ4v) is 3.16. The van der Waals surface area contributed by atoms with Gasteiger partial charge in [0.15, 0.2) is 5.76 Å². The summed E-state index contributed by atoms with van der Waals surface area (Å²) in [4.78, 5) is 48.8. The molecule has 0 unspecified atom stereocenters. The SMILES string of the molecule is C[C@H](NC(=O)c1ccco1)C(=O)NN1C(=O)NC2(CCCCC2)C1=O. The number of urea groups is 1. The van der Waals surface area contributed by atoms with Crippen molar-refractivity contribution in [2.45, 2.75) is 50.6 Å². The van der Waals surface area contributed by atoms with Gasteiger partial charge in [-0.15, -0.1) is 0 Å². The molecule has 134 valence electrons. The van der Waals surface area contributed by atoms with Crippen molar-refractivity contribution in [3.8, 4) is 0 Å². The quantitative estimate of drug-likeness (QED) is 0.691. The molecule has 0 bridgehead atoms. The summed E-state index contributed by atoms with van der Waals surface area (Å²) in [6.45, 7) is 1.45. The molecule has 1 spiro atoms. The Kier molecular flexibility index (Phi) is 4.47. The van der Waals surface area contributed by atoms with Crippen LogP contribution in [0.4, 0.5) is 4.79 Å². The highest BCUT2D eigenvalue weighted by atomic mass is 16.3. The Morgan fingerprint density at radius 2 is 2.00 bits per heavy atom. The van der Waals surface area contributed by atoms with Crippen LogP contribution in [0.25, 0.3) is 0 Å². The van der Waals surface area contributed by atoms with E-state index in [-0.39, 0.29) is 5.76 Å². The van der Waals surface area contributed by atoms with Crippen LogP contribution in [0.15, 0.2) is 22.8 Å². The Bertz CT molecular complexity index is 693. The molecule has 5 amide bonds. The van der Waals surface area contributed by atoms with Crippen molar-refractivity contribution < 1.29 is 23.6 Å². The largest absolute Gasteiger partial charge is 0.459 e. The number of hydrazine groups is 1. The number of hydrogen-bond donors (Lipinski definition) is 3. The summed E-state index contributed by atoms with van der Waals surface area (Å²) in [6, 6.07) is 1.41. The first-order valence-corrected chi connectivity index (χ1v) is 8.24. The molecule has 2 aliphatic rings. The van der Waals surface area contributed by atoms with Crippen LogP contribution in [0, 0.1) is 0 Å². The van der Waals surface area contributed by atoms with Crippen molar-refractivity contribution in [2.75, 3.05) is 0 Å². The van der Waals surface area contributed by atoms with E-state index in [0.717, 1.165) is 19.3 Å². The number of rotatable bonds is 4. The third-order valence-electron chi connectivity index (χ3n) is 4.58. The Hall–Kier alpha value is -2.84. The topological polar surface area (TPSA) is 121 Å². The van der Waals surface area contributed by atoms with E-state index < -0.39 is 35.3 Å². The van der Waals surface area contributed by atoms with E-state index in [1.54, 1.807) is 6.07 Å².